The van der Waals surface area contributed by atoms with Crippen LogP contribution in [0.25, 0.3) is 22.5 Å². The quantitative estimate of drug-likeness (QED) is 0.322. The Hall–Kier alpha value is -3.43. The van der Waals surface area contributed by atoms with Crippen LogP contribution in [0.15, 0.2) is 76.0 Å². The van der Waals surface area contributed by atoms with Gasteiger partial charge in [0.1, 0.15) is 5.75 Å². The van der Waals surface area contributed by atoms with E-state index in [1.54, 1.807) is 19.2 Å². The van der Waals surface area contributed by atoms with E-state index in [1.165, 1.54) is 17.4 Å². The van der Waals surface area contributed by atoms with Gasteiger partial charge in [0.15, 0.2) is 10.3 Å². The van der Waals surface area contributed by atoms with Crippen molar-refractivity contribution >= 4 is 34.1 Å². The standard InChI is InChI=1S/C22H18N4O3S2/c1-29-16-9-7-15(8-10-16)17-11-19(27)25-21(23-17)31-13-20(28)26-22-24-18(12-30-22)14-5-3-2-4-6-14/h2-12H,13H2,1H3,(H,23,25,27)(H,24,26,28). The molecule has 156 valence electrons. The zero-order valence-electron chi connectivity index (χ0n) is 16.5. The number of rotatable bonds is 7. The Morgan fingerprint density at radius 2 is 1.81 bits per heavy atom. The first-order valence-electron chi connectivity index (χ1n) is 9.30. The summed E-state index contributed by atoms with van der Waals surface area (Å²) < 4.78 is 5.15. The van der Waals surface area contributed by atoms with Gasteiger partial charge < -0.3 is 15.0 Å². The second-order valence-corrected chi connectivity index (χ2v) is 8.23. The van der Waals surface area contributed by atoms with Crippen LogP contribution in [0.2, 0.25) is 0 Å². The Morgan fingerprint density at radius 3 is 2.55 bits per heavy atom. The van der Waals surface area contributed by atoms with E-state index < -0.39 is 0 Å². The fourth-order valence-electron chi connectivity index (χ4n) is 2.78. The Kier molecular flexibility index (Phi) is 6.44. The number of amides is 1. The highest BCUT2D eigenvalue weighted by Gasteiger charge is 2.11. The molecule has 4 aromatic rings. The van der Waals surface area contributed by atoms with Crippen LogP contribution in [0.3, 0.4) is 0 Å². The van der Waals surface area contributed by atoms with Crippen molar-refractivity contribution in [3.8, 4) is 28.3 Å². The van der Waals surface area contributed by atoms with Gasteiger partial charge >= 0.3 is 0 Å². The summed E-state index contributed by atoms with van der Waals surface area (Å²) in [6.45, 7) is 0. The largest absolute Gasteiger partial charge is 0.497 e. The molecule has 0 radical (unpaired) electrons. The van der Waals surface area contributed by atoms with E-state index in [1.807, 2.05) is 47.8 Å². The highest BCUT2D eigenvalue weighted by Crippen LogP contribution is 2.25. The lowest BCUT2D eigenvalue weighted by molar-refractivity contribution is -0.113. The van der Waals surface area contributed by atoms with Crippen molar-refractivity contribution in [3.63, 3.8) is 0 Å². The Morgan fingerprint density at radius 1 is 1.06 bits per heavy atom. The average molecular weight is 451 g/mol. The van der Waals surface area contributed by atoms with Gasteiger partial charge in [-0.25, -0.2) is 9.97 Å². The van der Waals surface area contributed by atoms with E-state index in [4.69, 9.17) is 4.74 Å². The molecule has 2 N–H and O–H groups in total. The van der Waals surface area contributed by atoms with Crippen molar-refractivity contribution in [2.24, 2.45) is 0 Å². The minimum absolute atomic E-state index is 0.0925. The SMILES string of the molecule is COc1ccc(-c2cc(=O)[nH]c(SCC(=O)Nc3nc(-c4ccccc4)cs3)n2)cc1. The molecule has 2 aromatic carbocycles. The first-order valence-corrected chi connectivity index (χ1v) is 11.2. The third-order valence-electron chi connectivity index (χ3n) is 4.27. The van der Waals surface area contributed by atoms with Crippen LogP contribution in [-0.4, -0.2) is 33.7 Å². The maximum atomic E-state index is 12.3. The number of benzene rings is 2. The number of carbonyl (C=O) groups is 1. The molecule has 0 saturated carbocycles. The topological polar surface area (TPSA) is 97.0 Å². The summed E-state index contributed by atoms with van der Waals surface area (Å²) in [7, 11) is 1.59. The zero-order valence-corrected chi connectivity index (χ0v) is 18.1. The Bertz CT molecular complexity index is 1240. The molecule has 4 rings (SSSR count). The van der Waals surface area contributed by atoms with Crippen LogP contribution in [0.4, 0.5) is 5.13 Å². The Balaban J connectivity index is 1.40. The van der Waals surface area contributed by atoms with Crippen molar-refractivity contribution in [2.45, 2.75) is 5.16 Å². The number of thioether (sulfide) groups is 1. The highest BCUT2D eigenvalue weighted by atomic mass is 32.2. The summed E-state index contributed by atoms with van der Waals surface area (Å²) in [5.74, 6) is 0.587. The van der Waals surface area contributed by atoms with Crippen LogP contribution in [0.5, 0.6) is 5.75 Å². The number of aromatic amines is 1. The molecule has 0 aliphatic heterocycles. The maximum Gasteiger partial charge on any atom is 0.252 e. The van der Waals surface area contributed by atoms with Crippen molar-refractivity contribution < 1.29 is 9.53 Å². The summed E-state index contributed by atoms with van der Waals surface area (Å²) in [5, 5.41) is 5.59. The molecule has 2 aromatic heterocycles. The zero-order chi connectivity index (χ0) is 21.6. The molecule has 1 amide bonds. The number of anilines is 1. The van der Waals surface area contributed by atoms with E-state index in [9.17, 15) is 9.59 Å². The van der Waals surface area contributed by atoms with E-state index in [2.05, 4.69) is 20.3 Å². The number of carbonyl (C=O) groups excluding carboxylic acids is 1. The second kappa shape index (κ2) is 9.59. The molecule has 0 bridgehead atoms. The van der Waals surface area contributed by atoms with E-state index in [0.29, 0.717) is 16.0 Å². The van der Waals surface area contributed by atoms with Crippen LogP contribution in [0, 0.1) is 0 Å². The number of H-pyrrole nitrogens is 1. The molecule has 7 nitrogen and oxygen atoms in total. The van der Waals surface area contributed by atoms with Crippen LogP contribution < -0.4 is 15.6 Å². The predicted molar refractivity (Wildman–Crippen MR) is 124 cm³/mol. The lowest BCUT2D eigenvalue weighted by atomic mass is 10.1. The molecule has 0 aliphatic rings. The van der Waals surface area contributed by atoms with Crippen molar-refractivity contribution in [2.75, 3.05) is 18.2 Å². The summed E-state index contributed by atoms with van der Waals surface area (Å²) in [6.07, 6.45) is 0. The van der Waals surface area contributed by atoms with Gasteiger partial charge in [-0.15, -0.1) is 11.3 Å². The predicted octanol–water partition coefficient (Wildman–Crippen LogP) is 4.30. The summed E-state index contributed by atoms with van der Waals surface area (Å²) >= 11 is 2.52. The van der Waals surface area contributed by atoms with Gasteiger partial charge in [-0.05, 0) is 24.3 Å². The molecule has 0 saturated heterocycles. The number of hydrogen-bond donors (Lipinski definition) is 2. The van der Waals surface area contributed by atoms with Crippen molar-refractivity contribution in [3.05, 3.63) is 76.4 Å². The molecule has 31 heavy (non-hydrogen) atoms. The van der Waals surface area contributed by atoms with Gasteiger partial charge in [0.2, 0.25) is 5.91 Å². The monoisotopic (exact) mass is 450 g/mol. The number of methoxy groups -OCH3 is 1. The molecular formula is C22H18N4O3S2. The first-order chi connectivity index (χ1) is 15.1. The molecule has 2 heterocycles. The normalized spacial score (nSPS) is 10.6. The minimum atomic E-state index is -0.281. The third-order valence-corrected chi connectivity index (χ3v) is 5.90. The molecule has 0 fully saturated rings. The fraction of sp³-hybridized carbons (Fsp3) is 0.0909. The molecule has 9 heteroatoms. The molecule has 0 unspecified atom stereocenters. The second-order valence-electron chi connectivity index (χ2n) is 6.41. The number of nitrogens with one attached hydrogen (secondary N) is 2. The van der Waals surface area contributed by atoms with Crippen LogP contribution in [-0.2, 0) is 4.79 Å². The van der Waals surface area contributed by atoms with Gasteiger partial charge in [0, 0.05) is 22.6 Å². The summed E-state index contributed by atoms with van der Waals surface area (Å²) in [6, 6.07) is 18.4. The van der Waals surface area contributed by atoms with Crippen LogP contribution >= 0.6 is 23.1 Å². The van der Waals surface area contributed by atoms with E-state index >= 15 is 0 Å². The van der Waals surface area contributed by atoms with E-state index in [0.717, 1.165) is 34.3 Å². The van der Waals surface area contributed by atoms with Gasteiger partial charge in [-0.1, -0.05) is 42.1 Å². The van der Waals surface area contributed by atoms with Gasteiger partial charge in [-0.2, -0.15) is 0 Å². The smallest absolute Gasteiger partial charge is 0.252 e. The number of thiazole rings is 1. The van der Waals surface area contributed by atoms with Crippen molar-refractivity contribution in [1.29, 1.82) is 0 Å². The van der Waals surface area contributed by atoms with Gasteiger partial charge in [-0.3, -0.25) is 9.59 Å². The summed E-state index contributed by atoms with van der Waals surface area (Å²) in [5.41, 5.74) is 2.84. The maximum absolute atomic E-state index is 12.3. The van der Waals surface area contributed by atoms with Crippen molar-refractivity contribution in [1.82, 2.24) is 15.0 Å². The molecule has 0 aliphatic carbocycles. The molecule has 0 atom stereocenters. The number of ether oxygens (including phenoxy) is 1. The average Bonchev–Trinajstić information content (AvgIpc) is 3.26. The third kappa shape index (κ3) is 5.39. The van der Waals surface area contributed by atoms with E-state index in [-0.39, 0.29) is 17.2 Å². The first kappa shape index (κ1) is 20.8. The highest BCUT2D eigenvalue weighted by molar-refractivity contribution is 7.99. The number of nitrogens with zero attached hydrogens (tertiary/aromatic N) is 2. The van der Waals surface area contributed by atoms with Crippen LogP contribution in [0.1, 0.15) is 0 Å². The molecule has 0 spiro atoms. The summed E-state index contributed by atoms with van der Waals surface area (Å²) in [4.78, 5) is 36.0. The fourth-order valence-corrected chi connectivity index (χ4v) is 4.19. The lowest BCUT2D eigenvalue weighted by Gasteiger charge is -2.05. The lowest BCUT2D eigenvalue weighted by Crippen LogP contribution is -2.15. The molecular weight excluding hydrogens is 432 g/mol. The van der Waals surface area contributed by atoms with Gasteiger partial charge in [0.05, 0.1) is 24.3 Å². The minimum Gasteiger partial charge on any atom is -0.497 e. The Labute approximate surface area is 186 Å². The number of aromatic nitrogens is 3. The number of hydrogen-bond acceptors (Lipinski definition) is 7. The van der Waals surface area contributed by atoms with Gasteiger partial charge in [0.25, 0.3) is 5.56 Å².